The van der Waals surface area contributed by atoms with Crippen molar-refractivity contribution >= 4 is 17.4 Å². The minimum absolute atomic E-state index is 0.0738. The summed E-state index contributed by atoms with van der Waals surface area (Å²) in [5.41, 5.74) is 5.80. The van der Waals surface area contributed by atoms with Crippen molar-refractivity contribution in [2.45, 2.75) is 26.8 Å². The van der Waals surface area contributed by atoms with Gasteiger partial charge in [0.15, 0.2) is 5.78 Å². The van der Waals surface area contributed by atoms with Crippen molar-refractivity contribution in [3.05, 3.63) is 88.2 Å². The van der Waals surface area contributed by atoms with Crippen molar-refractivity contribution in [3.63, 3.8) is 0 Å². The molecule has 2 heterocycles. The average Bonchev–Trinajstić information content (AvgIpc) is 3.09. The van der Waals surface area contributed by atoms with Gasteiger partial charge in [0.25, 0.3) is 5.91 Å². The first kappa shape index (κ1) is 17.3. The van der Waals surface area contributed by atoms with Gasteiger partial charge in [-0.3, -0.25) is 14.5 Å². The lowest BCUT2D eigenvalue weighted by atomic mass is 10.0. The lowest BCUT2D eigenvalue weighted by molar-refractivity contribution is 0.0970. The van der Waals surface area contributed by atoms with Crippen LogP contribution in [0.25, 0.3) is 0 Å². The number of amides is 1. The van der Waals surface area contributed by atoms with E-state index in [9.17, 15) is 9.59 Å². The molecule has 1 aromatic heterocycles. The minimum atomic E-state index is -0.256. The molecule has 1 unspecified atom stereocenters. The molecule has 0 fully saturated rings. The molecule has 3 aromatic rings. The fourth-order valence-corrected chi connectivity index (χ4v) is 4.07. The molecule has 0 N–H and O–H groups in total. The first-order valence-electron chi connectivity index (χ1n) is 9.07. The number of carbonyl (C=O) groups excluding carboxylic acids is 2. The van der Waals surface area contributed by atoms with E-state index in [1.54, 1.807) is 0 Å². The predicted octanol–water partition coefficient (Wildman–Crippen LogP) is 4.59. The molecule has 0 spiro atoms. The molecule has 1 aliphatic heterocycles. The largest absolute Gasteiger partial charge is 0.348 e. The fourth-order valence-electron chi connectivity index (χ4n) is 4.07. The zero-order chi connectivity index (χ0) is 19.3. The Morgan fingerprint density at radius 2 is 1.59 bits per heavy atom. The van der Waals surface area contributed by atoms with Gasteiger partial charge in [0.2, 0.25) is 0 Å². The molecule has 0 radical (unpaired) electrons. The zero-order valence-electron chi connectivity index (χ0n) is 16.0. The van der Waals surface area contributed by atoms with E-state index in [-0.39, 0.29) is 17.7 Å². The van der Waals surface area contributed by atoms with Crippen LogP contribution in [0.4, 0.5) is 5.69 Å². The van der Waals surface area contributed by atoms with Gasteiger partial charge in [0, 0.05) is 18.4 Å². The summed E-state index contributed by atoms with van der Waals surface area (Å²) in [5.74, 6) is -0.188. The number of fused-ring (bicyclic) bond motifs is 1. The second kappa shape index (κ2) is 6.23. The number of aromatic nitrogens is 1. The molecule has 4 heteroatoms. The maximum atomic E-state index is 13.5. The molecule has 136 valence electrons. The quantitative estimate of drug-likeness (QED) is 0.643. The summed E-state index contributed by atoms with van der Waals surface area (Å²) in [6, 6.07) is 17.7. The van der Waals surface area contributed by atoms with Crippen molar-refractivity contribution in [1.82, 2.24) is 4.57 Å². The van der Waals surface area contributed by atoms with Gasteiger partial charge in [-0.2, -0.15) is 0 Å². The van der Waals surface area contributed by atoms with Crippen molar-refractivity contribution in [1.29, 1.82) is 0 Å². The molecule has 0 bridgehead atoms. The minimum Gasteiger partial charge on any atom is -0.348 e. The van der Waals surface area contributed by atoms with E-state index < -0.39 is 0 Å². The highest BCUT2D eigenvalue weighted by molar-refractivity contribution is 6.18. The normalized spacial score (nSPS) is 15.9. The maximum Gasteiger partial charge on any atom is 0.261 e. The van der Waals surface area contributed by atoms with Gasteiger partial charge in [-0.1, -0.05) is 48.0 Å². The Hall–Kier alpha value is -3.14. The molecule has 1 atom stereocenters. The van der Waals surface area contributed by atoms with Gasteiger partial charge in [0.1, 0.15) is 6.04 Å². The average molecular weight is 358 g/mol. The molecule has 4 nitrogen and oxygen atoms in total. The second-order valence-corrected chi connectivity index (χ2v) is 7.16. The fraction of sp³-hybridized carbons (Fsp3) is 0.217. The SMILES string of the molecule is CC(=O)c1c2c(n(C)c1C)C(c1ccccc1)N(c1ccc(C)cc1)C2=O. The maximum absolute atomic E-state index is 13.5. The monoisotopic (exact) mass is 358 g/mol. The Labute approximate surface area is 159 Å². The second-order valence-electron chi connectivity index (χ2n) is 7.16. The first-order valence-corrected chi connectivity index (χ1v) is 9.07. The van der Waals surface area contributed by atoms with E-state index in [1.807, 2.05) is 85.0 Å². The molecular formula is C23H22N2O2. The van der Waals surface area contributed by atoms with Crippen LogP contribution >= 0.6 is 0 Å². The van der Waals surface area contributed by atoms with Crippen LogP contribution in [0.2, 0.25) is 0 Å². The van der Waals surface area contributed by atoms with Gasteiger partial charge in [-0.05, 0) is 38.5 Å². The highest BCUT2D eigenvalue weighted by Crippen LogP contribution is 2.44. The molecular weight excluding hydrogens is 336 g/mol. The van der Waals surface area contributed by atoms with Gasteiger partial charge in [0.05, 0.1) is 16.8 Å². The Balaban J connectivity index is 2.00. The van der Waals surface area contributed by atoms with E-state index >= 15 is 0 Å². The van der Waals surface area contributed by atoms with E-state index in [1.165, 1.54) is 6.92 Å². The third-order valence-electron chi connectivity index (χ3n) is 5.46. The Morgan fingerprint density at radius 1 is 0.963 bits per heavy atom. The van der Waals surface area contributed by atoms with E-state index in [4.69, 9.17) is 0 Å². The lowest BCUT2D eigenvalue weighted by Crippen LogP contribution is -2.30. The summed E-state index contributed by atoms with van der Waals surface area (Å²) in [5, 5.41) is 0. The number of anilines is 1. The summed E-state index contributed by atoms with van der Waals surface area (Å²) < 4.78 is 2.00. The summed E-state index contributed by atoms with van der Waals surface area (Å²) in [7, 11) is 1.93. The van der Waals surface area contributed by atoms with Gasteiger partial charge >= 0.3 is 0 Å². The number of carbonyl (C=O) groups is 2. The van der Waals surface area contributed by atoms with Crippen molar-refractivity contribution in [2.24, 2.45) is 7.05 Å². The smallest absolute Gasteiger partial charge is 0.261 e. The number of Topliss-reactive ketones (excluding diaryl/α,β-unsaturated/α-hetero) is 1. The van der Waals surface area contributed by atoms with E-state index in [2.05, 4.69) is 0 Å². The van der Waals surface area contributed by atoms with Crippen LogP contribution in [0.3, 0.4) is 0 Å². The van der Waals surface area contributed by atoms with Gasteiger partial charge < -0.3 is 4.57 Å². The summed E-state index contributed by atoms with van der Waals surface area (Å²) in [6.45, 7) is 5.46. The first-order chi connectivity index (χ1) is 12.9. The van der Waals surface area contributed by atoms with Crippen LogP contribution in [0, 0.1) is 13.8 Å². The summed E-state index contributed by atoms with van der Waals surface area (Å²) >= 11 is 0. The molecule has 2 aromatic carbocycles. The number of aryl methyl sites for hydroxylation is 1. The highest BCUT2D eigenvalue weighted by atomic mass is 16.2. The lowest BCUT2D eigenvalue weighted by Gasteiger charge is -2.27. The molecule has 0 saturated carbocycles. The number of ketones is 1. The number of rotatable bonds is 3. The molecule has 27 heavy (non-hydrogen) atoms. The topological polar surface area (TPSA) is 42.3 Å². The molecule has 1 amide bonds. The van der Waals surface area contributed by atoms with Crippen molar-refractivity contribution in [3.8, 4) is 0 Å². The number of benzene rings is 2. The van der Waals surface area contributed by atoms with Gasteiger partial charge in [-0.15, -0.1) is 0 Å². The van der Waals surface area contributed by atoms with E-state index in [0.717, 1.165) is 28.2 Å². The van der Waals surface area contributed by atoms with Crippen LogP contribution in [0.1, 0.15) is 56.2 Å². The molecule has 0 aliphatic carbocycles. The van der Waals surface area contributed by atoms with Crippen LogP contribution in [-0.2, 0) is 7.05 Å². The van der Waals surface area contributed by atoms with Crippen molar-refractivity contribution in [2.75, 3.05) is 4.90 Å². The Bertz CT molecular complexity index is 1050. The van der Waals surface area contributed by atoms with Crippen LogP contribution in [-0.4, -0.2) is 16.3 Å². The van der Waals surface area contributed by atoms with Gasteiger partial charge in [-0.25, -0.2) is 0 Å². The Kier molecular flexibility index (Phi) is 3.99. The summed E-state index contributed by atoms with van der Waals surface area (Å²) in [4.78, 5) is 27.7. The zero-order valence-corrected chi connectivity index (χ0v) is 16.0. The molecule has 0 saturated heterocycles. The van der Waals surface area contributed by atoms with Crippen LogP contribution in [0.5, 0.6) is 0 Å². The number of hydrogen-bond donors (Lipinski definition) is 0. The number of hydrogen-bond acceptors (Lipinski definition) is 2. The van der Waals surface area contributed by atoms with Crippen LogP contribution < -0.4 is 4.90 Å². The number of nitrogens with zero attached hydrogens (tertiary/aromatic N) is 2. The van der Waals surface area contributed by atoms with Crippen molar-refractivity contribution < 1.29 is 9.59 Å². The summed E-state index contributed by atoms with van der Waals surface area (Å²) in [6.07, 6.45) is 0. The Morgan fingerprint density at radius 3 is 2.19 bits per heavy atom. The predicted molar refractivity (Wildman–Crippen MR) is 106 cm³/mol. The van der Waals surface area contributed by atoms with Crippen LogP contribution in [0.15, 0.2) is 54.6 Å². The molecule has 1 aliphatic rings. The van der Waals surface area contributed by atoms with E-state index in [0.29, 0.717) is 11.1 Å². The third kappa shape index (κ3) is 2.52. The molecule has 4 rings (SSSR count). The third-order valence-corrected chi connectivity index (χ3v) is 5.46. The highest BCUT2D eigenvalue weighted by Gasteiger charge is 2.44. The standard InChI is InChI=1S/C23H22N2O2/c1-14-10-12-18(13-11-14)25-21(17-8-6-5-7-9-17)22-20(23(25)27)19(16(3)26)15(2)24(22)4/h5-13,21H,1-4H3.